The van der Waals surface area contributed by atoms with Gasteiger partial charge in [-0.05, 0) is 32.1 Å². The molecule has 1 aromatic rings. The Labute approximate surface area is 122 Å². The van der Waals surface area contributed by atoms with E-state index in [1.807, 2.05) is 13.0 Å². The van der Waals surface area contributed by atoms with Crippen molar-refractivity contribution in [2.24, 2.45) is 5.92 Å². The van der Waals surface area contributed by atoms with Crippen LogP contribution in [0.3, 0.4) is 0 Å². The van der Waals surface area contributed by atoms with Crippen LogP contribution in [0.25, 0.3) is 0 Å². The summed E-state index contributed by atoms with van der Waals surface area (Å²) in [7, 11) is 0. The van der Waals surface area contributed by atoms with Gasteiger partial charge < -0.3 is 10.5 Å². The third kappa shape index (κ3) is 3.48. The highest BCUT2D eigenvalue weighted by Crippen LogP contribution is 2.39. The minimum atomic E-state index is -0.311. The van der Waals surface area contributed by atoms with Crippen molar-refractivity contribution in [1.29, 1.82) is 0 Å². The third-order valence-corrected chi connectivity index (χ3v) is 3.91. The van der Waals surface area contributed by atoms with Crippen molar-refractivity contribution >= 4 is 5.82 Å². The van der Waals surface area contributed by atoms with Gasteiger partial charge >= 0.3 is 0 Å². The number of ether oxygens (including phenoxy) is 1. The van der Waals surface area contributed by atoms with E-state index in [0.29, 0.717) is 18.3 Å². The fraction of sp³-hybridized carbons (Fsp3) is 0.750. The van der Waals surface area contributed by atoms with Gasteiger partial charge in [-0.2, -0.15) is 0 Å². The maximum atomic E-state index is 6.09. The average Bonchev–Trinajstić information content (AvgIpc) is 2.38. The van der Waals surface area contributed by atoms with Crippen LogP contribution >= 0.6 is 0 Å². The van der Waals surface area contributed by atoms with Crippen LogP contribution < -0.4 is 5.73 Å². The fourth-order valence-corrected chi connectivity index (χ4v) is 3.08. The second-order valence-electron chi connectivity index (χ2n) is 6.19. The standard InChI is InChI=1S/C16H27N3O/c1-4-20-16(8-6-5-7-9-16)15-18-13(10-12(2)3)11-14(17)19-15/h11-12H,4-10H2,1-3H3,(H2,17,18,19). The first-order chi connectivity index (χ1) is 9.55. The van der Waals surface area contributed by atoms with Gasteiger partial charge in [0, 0.05) is 18.4 Å². The van der Waals surface area contributed by atoms with Crippen molar-refractivity contribution in [2.75, 3.05) is 12.3 Å². The zero-order valence-electron chi connectivity index (χ0n) is 13.0. The van der Waals surface area contributed by atoms with Crippen LogP contribution in [0.1, 0.15) is 64.4 Å². The maximum Gasteiger partial charge on any atom is 0.162 e. The molecule has 1 saturated carbocycles. The molecule has 0 radical (unpaired) electrons. The molecular weight excluding hydrogens is 250 g/mol. The number of anilines is 1. The molecule has 0 atom stereocenters. The van der Waals surface area contributed by atoms with Gasteiger partial charge in [-0.1, -0.05) is 33.1 Å². The maximum absolute atomic E-state index is 6.09. The smallest absolute Gasteiger partial charge is 0.162 e. The number of nitrogen functional groups attached to an aromatic ring is 1. The Morgan fingerprint density at radius 2 is 1.95 bits per heavy atom. The van der Waals surface area contributed by atoms with Gasteiger partial charge in [-0.25, -0.2) is 9.97 Å². The molecular formula is C16H27N3O. The zero-order valence-corrected chi connectivity index (χ0v) is 13.0. The Kier molecular flexibility index (Phi) is 4.97. The summed E-state index contributed by atoms with van der Waals surface area (Å²) in [5.74, 6) is 1.93. The fourth-order valence-electron chi connectivity index (χ4n) is 3.08. The van der Waals surface area contributed by atoms with E-state index >= 15 is 0 Å². The number of aromatic nitrogens is 2. The van der Waals surface area contributed by atoms with E-state index in [-0.39, 0.29) is 5.60 Å². The molecule has 1 fully saturated rings. The largest absolute Gasteiger partial charge is 0.384 e. The molecule has 2 N–H and O–H groups in total. The topological polar surface area (TPSA) is 61.0 Å². The lowest BCUT2D eigenvalue weighted by atomic mass is 9.83. The summed E-state index contributed by atoms with van der Waals surface area (Å²) in [4.78, 5) is 9.27. The van der Waals surface area contributed by atoms with Gasteiger partial charge in [0.1, 0.15) is 11.4 Å². The summed E-state index contributed by atoms with van der Waals surface area (Å²) >= 11 is 0. The van der Waals surface area contributed by atoms with E-state index in [9.17, 15) is 0 Å². The van der Waals surface area contributed by atoms with Crippen molar-refractivity contribution in [3.8, 4) is 0 Å². The zero-order chi connectivity index (χ0) is 14.6. The number of nitrogens with zero attached hydrogens (tertiary/aromatic N) is 2. The van der Waals surface area contributed by atoms with E-state index in [1.165, 1.54) is 19.3 Å². The Morgan fingerprint density at radius 3 is 2.55 bits per heavy atom. The molecule has 4 nitrogen and oxygen atoms in total. The Hall–Kier alpha value is -1.16. The van der Waals surface area contributed by atoms with Gasteiger partial charge in [0.15, 0.2) is 5.82 Å². The summed E-state index contributed by atoms with van der Waals surface area (Å²) < 4.78 is 6.09. The summed E-state index contributed by atoms with van der Waals surface area (Å²) in [6.07, 6.45) is 6.57. The molecule has 0 spiro atoms. The molecule has 4 heteroatoms. The number of rotatable bonds is 5. The Morgan fingerprint density at radius 1 is 1.25 bits per heavy atom. The van der Waals surface area contributed by atoms with Gasteiger partial charge in [0.25, 0.3) is 0 Å². The first-order valence-corrected chi connectivity index (χ1v) is 7.83. The molecule has 112 valence electrons. The first kappa shape index (κ1) is 15.2. The molecule has 1 aliphatic rings. The highest BCUT2D eigenvalue weighted by Gasteiger charge is 2.37. The molecule has 0 unspecified atom stereocenters. The van der Waals surface area contributed by atoms with Crippen LogP contribution in [0.5, 0.6) is 0 Å². The number of nitrogens with two attached hydrogens (primary N) is 1. The number of hydrogen-bond donors (Lipinski definition) is 1. The molecule has 0 amide bonds. The van der Waals surface area contributed by atoms with Crippen LogP contribution in [0.15, 0.2) is 6.07 Å². The molecule has 2 rings (SSSR count). The summed E-state index contributed by atoms with van der Waals surface area (Å²) in [6.45, 7) is 7.11. The molecule has 0 bridgehead atoms. The summed E-state index contributed by atoms with van der Waals surface area (Å²) in [5.41, 5.74) is 6.71. The highest BCUT2D eigenvalue weighted by molar-refractivity contribution is 5.31. The van der Waals surface area contributed by atoms with Crippen LogP contribution in [0, 0.1) is 5.92 Å². The van der Waals surface area contributed by atoms with Crippen LogP contribution in [0.2, 0.25) is 0 Å². The predicted molar refractivity (Wildman–Crippen MR) is 81.4 cm³/mol. The molecule has 1 aliphatic carbocycles. The minimum absolute atomic E-state index is 0.311. The van der Waals surface area contributed by atoms with Crippen molar-refractivity contribution < 1.29 is 4.74 Å². The van der Waals surface area contributed by atoms with Crippen molar-refractivity contribution in [3.05, 3.63) is 17.6 Å². The molecule has 0 aromatic carbocycles. The molecule has 0 aliphatic heterocycles. The van der Waals surface area contributed by atoms with Gasteiger partial charge in [0.05, 0.1) is 0 Å². The quantitative estimate of drug-likeness (QED) is 0.895. The SMILES string of the molecule is CCOC1(c2nc(N)cc(CC(C)C)n2)CCCCC1. The minimum Gasteiger partial charge on any atom is -0.384 e. The van der Waals surface area contributed by atoms with Gasteiger partial charge in [0.2, 0.25) is 0 Å². The second kappa shape index (κ2) is 6.53. The molecule has 1 heterocycles. The second-order valence-corrected chi connectivity index (χ2v) is 6.19. The summed E-state index contributed by atoms with van der Waals surface area (Å²) in [5, 5.41) is 0. The lowest BCUT2D eigenvalue weighted by Gasteiger charge is -2.35. The van der Waals surface area contributed by atoms with Gasteiger partial charge in [-0.3, -0.25) is 0 Å². The van der Waals surface area contributed by atoms with Crippen LogP contribution in [-0.2, 0) is 16.8 Å². The van der Waals surface area contributed by atoms with E-state index in [2.05, 4.69) is 18.8 Å². The van der Waals surface area contributed by atoms with Crippen molar-refractivity contribution in [3.63, 3.8) is 0 Å². The lowest BCUT2D eigenvalue weighted by Crippen LogP contribution is -2.35. The van der Waals surface area contributed by atoms with E-state index in [1.54, 1.807) is 0 Å². The predicted octanol–water partition coefficient (Wildman–Crippen LogP) is 3.45. The van der Waals surface area contributed by atoms with E-state index < -0.39 is 0 Å². The van der Waals surface area contributed by atoms with E-state index in [4.69, 9.17) is 15.5 Å². The van der Waals surface area contributed by atoms with E-state index in [0.717, 1.165) is 30.8 Å². The van der Waals surface area contributed by atoms with Crippen LogP contribution in [-0.4, -0.2) is 16.6 Å². The third-order valence-electron chi connectivity index (χ3n) is 3.91. The normalized spacial score (nSPS) is 18.4. The van der Waals surface area contributed by atoms with Crippen molar-refractivity contribution in [1.82, 2.24) is 9.97 Å². The van der Waals surface area contributed by atoms with Crippen molar-refractivity contribution in [2.45, 2.75) is 64.9 Å². The monoisotopic (exact) mass is 277 g/mol. The number of hydrogen-bond acceptors (Lipinski definition) is 4. The molecule has 1 aromatic heterocycles. The highest BCUT2D eigenvalue weighted by atomic mass is 16.5. The average molecular weight is 277 g/mol. The Bertz CT molecular complexity index is 434. The molecule has 20 heavy (non-hydrogen) atoms. The van der Waals surface area contributed by atoms with Gasteiger partial charge in [-0.15, -0.1) is 0 Å². The first-order valence-electron chi connectivity index (χ1n) is 7.83. The molecule has 0 saturated heterocycles. The van der Waals surface area contributed by atoms with Crippen LogP contribution in [0.4, 0.5) is 5.82 Å². The Balaban J connectivity index is 2.34. The summed E-state index contributed by atoms with van der Waals surface area (Å²) in [6, 6.07) is 1.89. The lowest BCUT2D eigenvalue weighted by molar-refractivity contribution is -0.0767.